The fraction of sp³-hybridized carbons (Fsp3) is 0.0357. The Morgan fingerprint density at radius 1 is 0.949 bits per heavy atom. The highest BCUT2D eigenvalue weighted by atomic mass is 127. The number of esters is 2. The molecule has 2 aliphatic rings. The molecule has 0 radical (unpaired) electrons. The van der Waals surface area contributed by atoms with E-state index in [9.17, 15) is 14.7 Å². The van der Waals surface area contributed by atoms with Crippen molar-refractivity contribution in [1.29, 1.82) is 0 Å². The highest BCUT2D eigenvalue weighted by Gasteiger charge is 2.53. The van der Waals surface area contributed by atoms with E-state index in [1.165, 1.54) is 12.1 Å². The third kappa shape index (κ3) is 4.43. The van der Waals surface area contributed by atoms with Crippen LogP contribution >= 0.6 is 80.0 Å². The van der Waals surface area contributed by atoms with Crippen molar-refractivity contribution >= 4 is 103 Å². The lowest BCUT2D eigenvalue weighted by atomic mass is 9.77. The van der Waals surface area contributed by atoms with Crippen LogP contribution in [0.4, 0.5) is 5.69 Å². The number of fused-ring (bicyclic) bond motifs is 6. The number of nitrogens with zero attached hydrogens (tertiary/aromatic N) is 1. The van der Waals surface area contributed by atoms with Crippen molar-refractivity contribution in [2.75, 3.05) is 0 Å². The molecule has 1 unspecified atom stereocenters. The van der Waals surface area contributed by atoms with Crippen molar-refractivity contribution in [1.82, 2.24) is 0 Å². The van der Waals surface area contributed by atoms with Gasteiger partial charge in [-0.15, -0.1) is 0 Å². The Morgan fingerprint density at radius 2 is 1.67 bits per heavy atom. The number of aliphatic imine (C=N–C) groups is 1. The van der Waals surface area contributed by atoms with Crippen molar-refractivity contribution < 1.29 is 28.9 Å². The number of rotatable bonds is 3. The summed E-state index contributed by atoms with van der Waals surface area (Å²) in [6.45, 7) is 0. The molecule has 2 aliphatic heterocycles. The Kier molecular flexibility index (Phi) is 6.90. The van der Waals surface area contributed by atoms with E-state index in [0.717, 1.165) is 10.7 Å². The van der Waals surface area contributed by atoms with Crippen LogP contribution in [0.1, 0.15) is 37.4 Å². The quantitative estimate of drug-likeness (QED) is 0.0563. The molecule has 11 heteroatoms. The Balaban J connectivity index is 1.48. The minimum atomic E-state index is -1.35. The van der Waals surface area contributed by atoms with E-state index >= 15 is 0 Å². The monoisotopic (exact) mass is 871 g/mol. The summed E-state index contributed by atoms with van der Waals surface area (Å²) in [6, 6.07) is 18.4. The molecule has 6 rings (SSSR count). The maximum absolute atomic E-state index is 13.2. The van der Waals surface area contributed by atoms with E-state index in [1.807, 2.05) is 6.07 Å². The zero-order chi connectivity index (χ0) is 27.5. The van der Waals surface area contributed by atoms with E-state index in [0.29, 0.717) is 45.0 Å². The Labute approximate surface area is 268 Å². The van der Waals surface area contributed by atoms with Crippen LogP contribution in [0.15, 0.2) is 71.7 Å². The number of benzene rings is 4. The number of hydrogen-bond donors (Lipinski definition) is 1. The lowest BCUT2D eigenvalue weighted by Gasteiger charge is -2.36. The van der Waals surface area contributed by atoms with Gasteiger partial charge in [0.1, 0.15) is 23.0 Å². The van der Waals surface area contributed by atoms with Crippen LogP contribution in [0.2, 0.25) is 0 Å². The number of hydrogen-bond acceptors (Lipinski definition) is 8. The largest absolute Gasteiger partial charge is 0.508 e. The van der Waals surface area contributed by atoms with Gasteiger partial charge in [-0.3, -0.25) is 0 Å². The summed E-state index contributed by atoms with van der Waals surface area (Å²) in [5, 5.41) is 12.5. The minimum Gasteiger partial charge on any atom is -0.508 e. The number of thiocarbonyl (C=S) groups is 1. The van der Waals surface area contributed by atoms with Gasteiger partial charge in [0.25, 0.3) is 0 Å². The summed E-state index contributed by atoms with van der Waals surface area (Å²) in [5.74, 6) is -0.216. The van der Waals surface area contributed by atoms with Crippen LogP contribution in [-0.2, 0) is 10.3 Å². The van der Waals surface area contributed by atoms with Gasteiger partial charge in [0, 0.05) is 39.5 Å². The second-order valence-corrected chi connectivity index (χ2v) is 12.3. The molecule has 0 bridgehead atoms. The Morgan fingerprint density at radius 3 is 2.44 bits per heavy atom. The molecule has 39 heavy (non-hydrogen) atoms. The predicted molar refractivity (Wildman–Crippen MR) is 171 cm³/mol. The SMILES string of the molecule is O=C1OC2(c3ccc(O)cc3Oc3cc(OC(=O)c4cc(I)cc(I)c4I)ccc32)c2ccc(N=C=S)cc21. The zero-order valence-electron chi connectivity index (χ0n) is 19.3. The van der Waals surface area contributed by atoms with E-state index in [-0.39, 0.29) is 11.5 Å². The third-order valence-electron chi connectivity index (χ3n) is 6.34. The minimum absolute atomic E-state index is 0.0204. The molecule has 0 saturated carbocycles. The standard InChI is InChI=1S/C28H12I3NO6S/c29-13-7-18(25(31)22(30)8-13)26(34)36-16-3-6-21-24(11-16)37-23-10-15(33)2-5-20(23)28(21)19-4-1-14(32-12-39)9-17(19)27(35)38-28/h1-11,33H. The summed E-state index contributed by atoms with van der Waals surface area (Å²) in [4.78, 5) is 30.2. The summed E-state index contributed by atoms with van der Waals surface area (Å²) in [6.07, 6.45) is 0. The topological polar surface area (TPSA) is 94.4 Å². The van der Waals surface area contributed by atoms with Gasteiger partial charge in [-0.25, -0.2) is 9.59 Å². The third-order valence-corrected chi connectivity index (χ3v) is 10.1. The first-order chi connectivity index (χ1) is 18.7. The van der Waals surface area contributed by atoms with Gasteiger partial charge in [0.15, 0.2) is 5.60 Å². The van der Waals surface area contributed by atoms with Gasteiger partial charge in [-0.1, -0.05) is 6.07 Å². The molecular formula is C28H12I3NO6S. The second-order valence-electron chi connectivity index (χ2n) is 8.58. The molecule has 1 atom stereocenters. The number of carbonyl (C=O) groups is 2. The van der Waals surface area contributed by atoms with Crippen molar-refractivity contribution in [2.24, 2.45) is 4.99 Å². The highest BCUT2D eigenvalue weighted by molar-refractivity contribution is 14.1. The van der Waals surface area contributed by atoms with Crippen molar-refractivity contribution in [3.63, 3.8) is 0 Å². The second kappa shape index (κ2) is 10.1. The average molecular weight is 871 g/mol. The normalized spacial score (nSPS) is 16.3. The van der Waals surface area contributed by atoms with Gasteiger partial charge in [-0.05, 0) is 129 Å². The van der Waals surface area contributed by atoms with Crippen LogP contribution in [0.5, 0.6) is 23.0 Å². The molecule has 0 fully saturated rings. The first kappa shape index (κ1) is 26.6. The zero-order valence-corrected chi connectivity index (χ0v) is 26.6. The first-order valence-corrected chi connectivity index (χ1v) is 14.8. The molecule has 4 aromatic rings. The Hall–Kier alpha value is -2.59. The molecule has 4 aromatic carbocycles. The molecule has 2 heterocycles. The molecule has 0 amide bonds. The number of halogens is 3. The van der Waals surface area contributed by atoms with Gasteiger partial charge in [-0.2, -0.15) is 4.99 Å². The van der Waals surface area contributed by atoms with Crippen molar-refractivity contribution in [3.8, 4) is 23.0 Å². The van der Waals surface area contributed by atoms with E-state index in [4.69, 9.17) is 26.4 Å². The van der Waals surface area contributed by atoms with Crippen LogP contribution in [-0.4, -0.2) is 22.2 Å². The van der Waals surface area contributed by atoms with Crippen LogP contribution < -0.4 is 9.47 Å². The van der Waals surface area contributed by atoms with E-state index < -0.39 is 17.5 Å². The summed E-state index contributed by atoms with van der Waals surface area (Å²) in [5.41, 5.74) is 1.55. The Bertz CT molecular complexity index is 1800. The van der Waals surface area contributed by atoms with Gasteiger partial charge >= 0.3 is 11.9 Å². The number of phenolic OH excluding ortho intramolecular Hbond substituents is 1. The predicted octanol–water partition coefficient (Wildman–Crippen LogP) is 7.73. The van der Waals surface area contributed by atoms with Gasteiger partial charge in [0.05, 0.1) is 22.0 Å². The lowest BCUT2D eigenvalue weighted by Crippen LogP contribution is -2.33. The maximum Gasteiger partial charge on any atom is 0.344 e. The smallest absolute Gasteiger partial charge is 0.344 e. The number of phenols is 1. The molecule has 0 aromatic heterocycles. The molecule has 192 valence electrons. The summed E-state index contributed by atoms with van der Waals surface area (Å²) in [7, 11) is 0. The van der Waals surface area contributed by atoms with Crippen LogP contribution in [0.25, 0.3) is 0 Å². The van der Waals surface area contributed by atoms with Gasteiger partial charge < -0.3 is 19.3 Å². The molecule has 7 nitrogen and oxygen atoms in total. The lowest BCUT2D eigenvalue weighted by molar-refractivity contribution is 0.0224. The van der Waals surface area contributed by atoms with Gasteiger partial charge in [0.2, 0.25) is 0 Å². The highest BCUT2D eigenvalue weighted by Crippen LogP contribution is 2.57. The number of ether oxygens (including phenoxy) is 3. The van der Waals surface area contributed by atoms with Crippen molar-refractivity contribution in [3.05, 3.63) is 105 Å². The molecule has 1 spiro atoms. The molecule has 0 saturated heterocycles. The summed E-state index contributed by atoms with van der Waals surface area (Å²) < 4.78 is 20.7. The number of carbonyl (C=O) groups excluding carboxylic acids is 2. The van der Waals surface area contributed by atoms with Crippen molar-refractivity contribution in [2.45, 2.75) is 5.60 Å². The van der Waals surface area contributed by atoms with E-state index in [2.05, 4.69) is 77.9 Å². The first-order valence-electron chi connectivity index (χ1n) is 11.2. The van der Waals surface area contributed by atoms with Crippen LogP contribution in [0.3, 0.4) is 0 Å². The molecular weight excluding hydrogens is 859 g/mol. The molecule has 0 aliphatic carbocycles. The fourth-order valence-corrected chi connectivity index (χ4v) is 7.22. The molecule has 1 N–H and O–H groups in total. The van der Waals surface area contributed by atoms with Crippen LogP contribution in [0, 0.1) is 10.7 Å². The summed E-state index contributed by atoms with van der Waals surface area (Å²) >= 11 is 11.2. The van der Waals surface area contributed by atoms with E-state index in [1.54, 1.807) is 48.5 Å². The average Bonchev–Trinajstić information content (AvgIpc) is 3.18. The fourth-order valence-electron chi connectivity index (χ4n) is 4.74. The number of isothiocyanates is 1. The number of aromatic hydroxyl groups is 1. The maximum atomic E-state index is 13.2.